The van der Waals surface area contributed by atoms with Crippen LogP contribution in [0.3, 0.4) is 0 Å². The summed E-state index contributed by atoms with van der Waals surface area (Å²) < 4.78 is 32.6. The molecule has 3 N–H and O–H groups in total. The van der Waals surface area contributed by atoms with E-state index in [1.165, 1.54) is 89.9 Å². The molecule has 0 aliphatic heterocycles. The van der Waals surface area contributed by atoms with Gasteiger partial charge in [0.25, 0.3) is 0 Å². The summed E-state index contributed by atoms with van der Waals surface area (Å²) in [6.07, 6.45) is 45.6. The molecule has 0 amide bonds. The summed E-state index contributed by atoms with van der Waals surface area (Å²) >= 11 is 0. The minimum Gasteiger partial charge on any atom is -0.462 e. The van der Waals surface area contributed by atoms with E-state index in [-0.39, 0.29) is 32.6 Å². The molecule has 0 radical (unpaired) electrons. The van der Waals surface area contributed by atoms with Crippen molar-refractivity contribution in [2.45, 2.75) is 174 Å². The Kier molecular flexibility index (Phi) is 37.7. The maximum absolute atomic E-state index is 12.5. The molecule has 9 nitrogen and oxygen atoms in total. The minimum absolute atomic E-state index is 0.0395. The van der Waals surface area contributed by atoms with E-state index >= 15 is 0 Å². The third-order valence-electron chi connectivity index (χ3n) is 8.39. The van der Waals surface area contributed by atoms with Crippen LogP contribution < -0.4 is 5.73 Å². The summed E-state index contributed by atoms with van der Waals surface area (Å²) in [5.74, 6) is -0.955. The van der Waals surface area contributed by atoms with E-state index < -0.39 is 32.5 Å². The number of phosphoric ester groups is 1. The first kappa shape index (κ1) is 50.7. The van der Waals surface area contributed by atoms with E-state index in [9.17, 15) is 19.0 Å². The Morgan fingerprint density at radius 1 is 0.566 bits per heavy atom. The van der Waals surface area contributed by atoms with Crippen molar-refractivity contribution in [1.82, 2.24) is 0 Å². The Bertz CT molecular complexity index is 1050. The molecule has 0 spiro atoms. The van der Waals surface area contributed by atoms with Crippen LogP contribution in [-0.4, -0.2) is 49.3 Å². The molecule has 10 heteroatoms. The lowest BCUT2D eigenvalue weighted by Crippen LogP contribution is -2.29. The summed E-state index contributed by atoms with van der Waals surface area (Å²) in [6.45, 7) is 3.59. The molecular weight excluding hydrogens is 689 g/mol. The zero-order chi connectivity index (χ0) is 38.9. The monoisotopic (exact) mass is 766 g/mol. The van der Waals surface area contributed by atoms with Crippen LogP contribution in [0, 0.1) is 0 Å². The highest BCUT2D eigenvalue weighted by Crippen LogP contribution is 2.43. The Morgan fingerprint density at radius 2 is 1.02 bits per heavy atom. The first-order chi connectivity index (χ1) is 25.8. The number of carbonyl (C=O) groups is 2. The number of ether oxygens (including phenoxy) is 2. The summed E-state index contributed by atoms with van der Waals surface area (Å²) in [4.78, 5) is 34.7. The molecule has 0 rings (SSSR count). The molecule has 0 aliphatic rings. The zero-order valence-corrected chi connectivity index (χ0v) is 34.4. The average molecular weight is 766 g/mol. The highest BCUT2D eigenvalue weighted by atomic mass is 31.2. The molecular formula is C43H76NO8P. The first-order valence-corrected chi connectivity index (χ1v) is 22.3. The summed E-state index contributed by atoms with van der Waals surface area (Å²) in [6, 6.07) is 0. The van der Waals surface area contributed by atoms with Crippen LogP contribution in [0.25, 0.3) is 0 Å². The molecule has 0 aliphatic carbocycles. The Balaban J connectivity index is 4.32. The van der Waals surface area contributed by atoms with Gasteiger partial charge in [0.1, 0.15) is 6.61 Å². The van der Waals surface area contributed by atoms with Gasteiger partial charge in [-0.25, -0.2) is 4.57 Å². The largest absolute Gasteiger partial charge is 0.472 e. The molecule has 306 valence electrons. The van der Waals surface area contributed by atoms with Gasteiger partial charge in [-0.15, -0.1) is 0 Å². The zero-order valence-electron chi connectivity index (χ0n) is 33.5. The number of rotatable bonds is 38. The fraction of sp³-hybridized carbons (Fsp3) is 0.721. The second-order valence-corrected chi connectivity index (χ2v) is 14.9. The van der Waals surface area contributed by atoms with Crippen molar-refractivity contribution in [1.29, 1.82) is 0 Å². The SMILES string of the molecule is CCCCC/C=C/C/C=C/C/C=C/C/C=C/CCCC(=O)OC[C@H](COP(=O)(O)OCCN)OC(=O)CC/C=C/CCCCCCCCCCCCC. The molecule has 0 saturated heterocycles. The third-order valence-corrected chi connectivity index (χ3v) is 9.37. The smallest absolute Gasteiger partial charge is 0.462 e. The van der Waals surface area contributed by atoms with Crippen molar-refractivity contribution in [3.8, 4) is 0 Å². The van der Waals surface area contributed by atoms with Crippen LogP contribution in [0.1, 0.15) is 168 Å². The number of hydrogen-bond donors (Lipinski definition) is 2. The molecule has 0 aromatic heterocycles. The van der Waals surface area contributed by atoms with Gasteiger partial charge in [-0.2, -0.15) is 0 Å². The third kappa shape index (κ3) is 39.2. The van der Waals surface area contributed by atoms with Crippen LogP contribution in [0.2, 0.25) is 0 Å². The Hall–Kier alpha value is -2.29. The van der Waals surface area contributed by atoms with Crippen molar-refractivity contribution in [2.24, 2.45) is 5.73 Å². The molecule has 0 aromatic rings. The maximum atomic E-state index is 12.5. The summed E-state index contributed by atoms with van der Waals surface area (Å²) in [5, 5.41) is 0. The molecule has 0 heterocycles. The van der Waals surface area contributed by atoms with Crippen LogP contribution in [-0.2, 0) is 32.7 Å². The normalized spacial score (nSPS) is 14.0. The van der Waals surface area contributed by atoms with Crippen molar-refractivity contribution in [3.63, 3.8) is 0 Å². The predicted octanol–water partition coefficient (Wildman–Crippen LogP) is 11.7. The van der Waals surface area contributed by atoms with E-state index in [2.05, 4.69) is 62.5 Å². The predicted molar refractivity (Wildman–Crippen MR) is 219 cm³/mol. The molecule has 0 aromatic carbocycles. The van der Waals surface area contributed by atoms with Gasteiger partial charge in [-0.05, 0) is 64.2 Å². The van der Waals surface area contributed by atoms with Gasteiger partial charge < -0.3 is 20.1 Å². The lowest BCUT2D eigenvalue weighted by Gasteiger charge is -2.19. The van der Waals surface area contributed by atoms with E-state index in [1.54, 1.807) is 0 Å². The highest BCUT2D eigenvalue weighted by molar-refractivity contribution is 7.47. The number of phosphoric acid groups is 1. The van der Waals surface area contributed by atoms with Crippen LogP contribution in [0.15, 0.2) is 60.8 Å². The molecule has 0 saturated carbocycles. The number of carbonyl (C=O) groups excluding carboxylic acids is 2. The van der Waals surface area contributed by atoms with Gasteiger partial charge in [0, 0.05) is 19.4 Å². The quantitative estimate of drug-likeness (QED) is 0.0272. The van der Waals surface area contributed by atoms with Crippen LogP contribution >= 0.6 is 7.82 Å². The Morgan fingerprint density at radius 3 is 1.58 bits per heavy atom. The second kappa shape index (κ2) is 39.4. The Labute approximate surface area is 323 Å². The standard InChI is InChI=1S/C43H76NO8P/c1-3-5-7-9-11-13-15-17-19-20-22-23-25-27-29-31-33-35-42(45)49-39-41(40-51-53(47,48)50-38-37-44)52-43(46)36-34-32-30-28-26-24-21-18-16-14-12-10-8-6-4-2/h11,13,17,19,22-23,27,29-30,32,41H,3-10,12,14-16,18,20-21,24-26,28,31,33-40,44H2,1-2H3,(H,47,48)/b13-11+,19-17+,23-22+,29-27+,32-30+/t41-/m1/s1. The number of nitrogens with two attached hydrogens (primary N) is 1. The van der Waals surface area contributed by atoms with Gasteiger partial charge >= 0.3 is 19.8 Å². The van der Waals surface area contributed by atoms with Crippen molar-refractivity contribution >= 4 is 19.8 Å². The summed E-state index contributed by atoms with van der Waals surface area (Å²) in [7, 11) is -4.40. The molecule has 53 heavy (non-hydrogen) atoms. The fourth-order valence-corrected chi connectivity index (χ4v) is 6.06. The van der Waals surface area contributed by atoms with Gasteiger partial charge in [-0.3, -0.25) is 18.6 Å². The lowest BCUT2D eigenvalue weighted by atomic mass is 10.1. The summed E-state index contributed by atoms with van der Waals surface area (Å²) in [5.41, 5.74) is 5.33. The van der Waals surface area contributed by atoms with E-state index in [0.29, 0.717) is 12.8 Å². The fourth-order valence-electron chi connectivity index (χ4n) is 5.29. The van der Waals surface area contributed by atoms with Crippen molar-refractivity contribution < 1.29 is 37.6 Å². The van der Waals surface area contributed by atoms with E-state index in [4.69, 9.17) is 24.3 Å². The molecule has 1 unspecified atom stereocenters. The topological polar surface area (TPSA) is 134 Å². The number of hydrogen-bond acceptors (Lipinski definition) is 8. The number of allylic oxidation sites excluding steroid dienone is 10. The van der Waals surface area contributed by atoms with Crippen molar-refractivity contribution in [2.75, 3.05) is 26.4 Å². The maximum Gasteiger partial charge on any atom is 0.472 e. The first-order valence-electron chi connectivity index (χ1n) is 20.8. The van der Waals surface area contributed by atoms with Gasteiger partial charge in [0.15, 0.2) is 6.10 Å². The van der Waals surface area contributed by atoms with Crippen LogP contribution in [0.5, 0.6) is 0 Å². The molecule has 0 fully saturated rings. The van der Waals surface area contributed by atoms with E-state index in [1.807, 2.05) is 12.2 Å². The minimum atomic E-state index is -4.40. The van der Waals surface area contributed by atoms with Gasteiger partial charge in [0.2, 0.25) is 0 Å². The molecule has 0 bridgehead atoms. The highest BCUT2D eigenvalue weighted by Gasteiger charge is 2.25. The lowest BCUT2D eigenvalue weighted by molar-refractivity contribution is -0.161. The van der Waals surface area contributed by atoms with Gasteiger partial charge in [-0.1, -0.05) is 152 Å². The molecule has 2 atom stereocenters. The van der Waals surface area contributed by atoms with Crippen LogP contribution in [0.4, 0.5) is 0 Å². The number of esters is 2. The van der Waals surface area contributed by atoms with Gasteiger partial charge in [0.05, 0.1) is 13.2 Å². The number of unbranched alkanes of at least 4 members (excludes halogenated alkanes) is 15. The second-order valence-electron chi connectivity index (χ2n) is 13.5. The van der Waals surface area contributed by atoms with E-state index in [0.717, 1.165) is 38.5 Å². The van der Waals surface area contributed by atoms with Crippen molar-refractivity contribution in [3.05, 3.63) is 60.8 Å². The average Bonchev–Trinajstić information content (AvgIpc) is 3.14.